The SMILES string of the molecule is COc1ccc(Br)cc1NC(=O)c1[nH]ncc1N. The van der Waals surface area contributed by atoms with Crippen LogP contribution in [-0.2, 0) is 0 Å². The third-order valence-electron chi connectivity index (χ3n) is 2.31. The maximum Gasteiger partial charge on any atom is 0.275 e. The highest BCUT2D eigenvalue weighted by Crippen LogP contribution is 2.28. The number of aromatic nitrogens is 2. The number of nitrogens with two attached hydrogens (primary N) is 1. The van der Waals surface area contributed by atoms with Gasteiger partial charge in [0.15, 0.2) is 0 Å². The number of rotatable bonds is 3. The van der Waals surface area contributed by atoms with Gasteiger partial charge in [-0.15, -0.1) is 0 Å². The van der Waals surface area contributed by atoms with Crippen LogP contribution >= 0.6 is 15.9 Å². The molecule has 0 spiro atoms. The number of methoxy groups -OCH3 is 1. The highest BCUT2D eigenvalue weighted by Gasteiger charge is 2.14. The second-order valence-corrected chi connectivity index (χ2v) is 4.41. The lowest BCUT2D eigenvalue weighted by Crippen LogP contribution is -2.14. The van der Waals surface area contributed by atoms with Crippen LogP contribution in [0.3, 0.4) is 0 Å². The van der Waals surface area contributed by atoms with Crippen molar-refractivity contribution >= 4 is 33.2 Å². The summed E-state index contributed by atoms with van der Waals surface area (Å²) >= 11 is 3.33. The average molecular weight is 311 g/mol. The number of hydrogen-bond acceptors (Lipinski definition) is 4. The summed E-state index contributed by atoms with van der Waals surface area (Å²) in [5.74, 6) is 0.186. The monoisotopic (exact) mass is 310 g/mol. The van der Waals surface area contributed by atoms with Crippen LogP contribution in [0.25, 0.3) is 0 Å². The van der Waals surface area contributed by atoms with E-state index in [-0.39, 0.29) is 11.6 Å². The van der Waals surface area contributed by atoms with Crippen LogP contribution in [0, 0.1) is 0 Å². The number of halogens is 1. The van der Waals surface area contributed by atoms with Crippen molar-refractivity contribution < 1.29 is 9.53 Å². The van der Waals surface area contributed by atoms with Crippen molar-refractivity contribution in [2.75, 3.05) is 18.2 Å². The van der Waals surface area contributed by atoms with Crippen LogP contribution in [0.5, 0.6) is 5.75 Å². The van der Waals surface area contributed by atoms with Gasteiger partial charge in [-0.1, -0.05) is 15.9 Å². The molecule has 0 radical (unpaired) electrons. The molecule has 0 aliphatic heterocycles. The fourth-order valence-corrected chi connectivity index (χ4v) is 1.80. The quantitative estimate of drug-likeness (QED) is 0.808. The largest absolute Gasteiger partial charge is 0.495 e. The number of carbonyl (C=O) groups excluding carboxylic acids is 1. The first-order valence-electron chi connectivity index (χ1n) is 5.05. The zero-order valence-electron chi connectivity index (χ0n) is 9.53. The van der Waals surface area contributed by atoms with Crippen molar-refractivity contribution in [3.63, 3.8) is 0 Å². The number of hydrogen-bond donors (Lipinski definition) is 3. The number of benzene rings is 1. The molecule has 1 aromatic heterocycles. The maximum atomic E-state index is 11.9. The van der Waals surface area contributed by atoms with E-state index in [9.17, 15) is 4.79 Å². The van der Waals surface area contributed by atoms with E-state index < -0.39 is 0 Å². The Bertz CT molecular complexity index is 582. The summed E-state index contributed by atoms with van der Waals surface area (Å²) in [5, 5.41) is 8.93. The number of ether oxygens (including phenoxy) is 1. The normalized spacial score (nSPS) is 10.1. The molecule has 0 unspecified atom stereocenters. The van der Waals surface area contributed by atoms with Gasteiger partial charge in [-0.05, 0) is 18.2 Å². The molecule has 1 aromatic carbocycles. The van der Waals surface area contributed by atoms with E-state index in [4.69, 9.17) is 10.5 Å². The lowest BCUT2D eigenvalue weighted by Gasteiger charge is -2.10. The summed E-state index contributed by atoms with van der Waals surface area (Å²) in [6.07, 6.45) is 1.38. The Morgan fingerprint density at radius 2 is 2.33 bits per heavy atom. The van der Waals surface area contributed by atoms with Crippen molar-refractivity contribution in [3.8, 4) is 5.75 Å². The number of nitrogens with one attached hydrogen (secondary N) is 2. The number of nitrogen functional groups attached to an aromatic ring is 1. The molecule has 18 heavy (non-hydrogen) atoms. The molecule has 2 rings (SSSR count). The smallest absolute Gasteiger partial charge is 0.275 e. The lowest BCUT2D eigenvalue weighted by atomic mass is 10.2. The van der Waals surface area contributed by atoms with Crippen molar-refractivity contribution in [1.29, 1.82) is 0 Å². The summed E-state index contributed by atoms with van der Waals surface area (Å²) in [5.41, 5.74) is 6.66. The summed E-state index contributed by atoms with van der Waals surface area (Å²) in [4.78, 5) is 11.9. The molecule has 0 fully saturated rings. The zero-order chi connectivity index (χ0) is 13.1. The first-order valence-corrected chi connectivity index (χ1v) is 5.85. The molecule has 0 saturated carbocycles. The summed E-state index contributed by atoms with van der Waals surface area (Å²) in [6, 6.07) is 5.30. The predicted molar refractivity (Wildman–Crippen MR) is 71.6 cm³/mol. The third-order valence-corrected chi connectivity index (χ3v) is 2.80. The van der Waals surface area contributed by atoms with Gasteiger partial charge in [-0.25, -0.2) is 0 Å². The van der Waals surface area contributed by atoms with Gasteiger partial charge in [0.1, 0.15) is 11.4 Å². The molecule has 2 aromatic rings. The highest BCUT2D eigenvalue weighted by molar-refractivity contribution is 9.10. The zero-order valence-corrected chi connectivity index (χ0v) is 11.1. The standard InChI is InChI=1S/C11H11BrN4O2/c1-18-9-3-2-6(12)4-8(9)15-11(17)10-7(13)5-14-16-10/h2-5H,13H2,1H3,(H,14,16)(H,15,17). The van der Waals surface area contributed by atoms with E-state index in [2.05, 4.69) is 31.4 Å². The van der Waals surface area contributed by atoms with E-state index >= 15 is 0 Å². The Labute approximate surface area is 112 Å². The molecular formula is C11H11BrN4O2. The molecule has 7 heteroatoms. The van der Waals surface area contributed by atoms with Crippen LogP contribution in [0.4, 0.5) is 11.4 Å². The van der Waals surface area contributed by atoms with E-state index in [1.165, 1.54) is 13.3 Å². The Kier molecular flexibility index (Phi) is 3.52. The van der Waals surface area contributed by atoms with E-state index in [0.29, 0.717) is 17.1 Å². The molecule has 0 aliphatic rings. The van der Waals surface area contributed by atoms with Gasteiger partial charge in [-0.3, -0.25) is 9.89 Å². The molecule has 1 heterocycles. The second kappa shape index (κ2) is 5.09. The number of carbonyl (C=O) groups is 1. The predicted octanol–water partition coefficient (Wildman–Crippen LogP) is 2.02. The third kappa shape index (κ3) is 2.45. The van der Waals surface area contributed by atoms with Gasteiger partial charge in [0.2, 0.25) is 0 Å². The molecular weight excluding hydrogens is 300 g/mol. The number of amides is 1. The summed E-state index contributed by atoms with van der Waals surface area (Å²) < 4.78 is 5.99. The topological polar surface area (TPSA) is 93.0 Å². The van der Waals surface area contributed by atoms with Crippen LogP contribution < -0.4 is 15.8 Å². The number of H-pyrrole nitrogens is 1. The molecule has 0 bridgehead atoms. The van der Waals surface area contributed by atoms with Crippen LogP contribution in [0.15, 0.2) is 28.9 Å². The van der Waals surface area contributed by atoms with Gasteiger partial charge in [0.05, 0.1) is 24.7 Å². The average Bonchev–Trinajstić information content (AvgIpc) is 2.76. The van der Waals surface area contributed by atoms with Gasteiger partial charge >= 0.3 is 0 Å². The maximum absolute atomic E-state index is 11.9. The van der Waals surface area contributed by atoms with Gasteiger partial charge in [0.25, 0.3) is 5.91 Å². The van der Waals surface area contributed by atoms with E-state index in [1.807, 2.05) is 6.07 Å². The summed E-state index contributed by atoms with van der Waals surface area (Å²) in [6.45, 7) is 0. The molecule has 4 N–H and O–H groups in total. The Morgan fingerprint density at radius 3 is 2.94 bits per heavy atom. The molecule has 6 nitrogen and oxygen atoms in total. The van der Waals surface area contributed by atoms with Crippen molar-refractivity contribution in [3.05, 3.63) is 34.6 Å². The fraction of sp³-hybridized carbons (Fsp3) is 0.0909. The van der Waals surface area contributed by atoms with Crippen molar-refractivity contribution in [2.24, 2.45) is 0 Å². The highest BCUT2D eigenvalue weighted by atomic mass is 79.9. The van der Waals surface area contributed by atoms with Crippen LogP contribution in [0.2, 0.25) is 0 Å². The molecule has 0 atom stereocenters. The minimum absolute atomic E-state index is 0.219. The van der Waals surface area contributed by atoms with E-state index in [0.717, 1.165) is 4.47 Å². The molecule has 1 amide bonds. The molecule has 94 valence electrons. The summed E-state index contributed by atoms with van der Waals surface area (Å²) in [7, 11) is 1.53. The first-order chi connectivity index (χ1) is 8.61. The van der Waals surface area contributed by atoms with Crippen molar-refractivity contribution in [1.82, 2.24) is 10.2 Å². The Balaban J connectivity index is 2.27. The Morgan fingerprint density at radius 1 is 1.56 bits per heavy atom. The minimum Gasteiger partial charge on any atom is -0.495 e. The number of aromatic amines is 1. The number of nitrogens with zero attached hydrogens (tertiary/aromatic N) is 1. The van der Waals surface area contributed by atoms with Gasteiger partial charge in [-0.2, -0.15) is 5.10 Å². The lowest BCUT2D eigenvalue weighted by molar-refractivity contribution is 0.102. The van der Waals surface area contributed by atoms with E-state index in [1.54, 1.807) is 12.1 Å². The Hall–Kier alpha value is -2.02. The fourth-order valence-electron chi connectivity index (χ4n) is 1.44. The second-order valence-electron chi connectivity index (χ2n) is 3.50. The first kappa shape index (κ1) is 12.4. The number of anilines is 2. The van der Waals surface area contributed by atoms with Crippen LogP contribution in [-0.4, -0.2) is 23.2 Å². The van der Waals surface area contributed by atoms with Crippen LogP contribution in [0.1, 0.15) is 10.5 Å². The molecule has 0 aliphatic carbocycles. The molecule has 0 saturated heterocycles. The minimum atomic E-state index is -0.374. The van der Waals surface area contributed by atoms with Gasteiger partial charge < -0.3 is 15.8 Å². The van der Waals surface area contributed by atoms with Gasteiger partial charge in [0, 0.05) is 4.47 Å². The van der Waals surface area contributed by atoms with Crippen molar-refractivity contribution in [2.45, 2.75) is 0 Å².